The number of methoxy groups -OCH3 is 2. The minimum absolute atomic E-state index is 0.323. The van der Waals surface area contributed by atoms with E-state index in [0.717, 1.165) is 5.56 Å². The Labute approximate surface area is 76.5 Å². The number of rotatable bonds is 2. The Balaban J connectivity index is 3.05. The Morgan fingerprint density at radius 1 is 1.46 bits per heavy atom. The van der Waals surface area contributed by atoms with Gasteiger partial charge in [-0.25, -0.2) is 9.78 Å². The van der Waals surface area contributed by atoms with E-state index >= 15 is 0 Å². The molecule has 1 rings (SSSR count). The molecule has 0 saturated heterocycles. The summed E-state index contributed by atoms with van der Waals surface area (Å²) in [6, 6.07) is 1.74. The van der Waals surface area contributed by atoms with Gasteiger partial charge in [-0.05, 0) is 18.6 Å². The van der Waals surface area contributed by atoms with Crippen LogP contribution in [0.3, 0.4) is 0 Å². The van der Waals surface area contributed by atoms with Crippen LogP contribution < -0.4 is 4.74 Å². The second-order valence-corrected chi connectivity index (χ2v) is 2.53. The molecule has 0 aliphatic heterocycles. The number of aromatic nitrogens is 1. The van der Waals surface area contributed by atoms with Gasteiger partial charge in [-0.1, -0.05) is 0 Å². The third-order valence-electron chi connectivity index (χ3n) is 1.67. The number of hydrogen-bond donors (Lipinski definition) is 0. The molecule has 0 aromatic carbocycles. The van der Waals surface area contributed by atoms with E-state index in [1.54, 1.807) is 20.1 Å². The highest BCUT2D eigenvalue weighted by atomic mass is 16.5. The summed E-state index contributed by atoms with van der Waals surface area (Å²) in [5.41, 5.74) is 1.06. The topological polar surface area (TPSA) is 48.4 Å². The molecule has 4 heteroatoms. The smallest absolute Gasteiger partial charge is 0.356 e. The van der Waals surface area contributed by atoms with Crippen LogP contribution >= 0.6 is 0 Å². The molecule has 0 unspecified atom stereocenters. The molecule has 0 N–H and O–H groups in total. The van der Waals surface area contributed by atoms with Gasteiger partial charge in [0, 0.05) is 0 Å². The zero-order valence-corrected chi connectivity index (χ0v) is 7.83. The average Bonchev–Trinajstić information content (AvgIpc) is 2.16. The first-order valence-electron chi connectivity index (χ1n) is 3.78. The zero-order chi connectivity index (χ0) is 9.84. The first kappa shape index (κ1) is 9.51. The molecule has 13 heavy (non-hydrogen) atoms. The van der Waals surface area contributed by atoms with Crippen LogP contribution in [0.5, 0.6) is 5.75 Å². The van der Waals surface area contributed by atoms with Crippen LogP contribution in [0.2, 0.25) is 0 Å². The fourth-order valence-corrected chi connectivity index (χ4v) is 0.971. The van der Waals surface area contributed by atoms with Gasteiger partial charge in [0.25, 0.3) is 0 Å². The lowest BCUT2D eigenvalue weighted by Crippen LogP contribution is -2.06. The summed E-state index contributed by atoms with van der Waals surface area (Å²) in [7, 11) is 2.88. The number of carbonyl (C=O) groups excluding carboxylic acids is 1. The quantitative estimate of drug-likeness (QED) is 0.643. The van der Waals surface area contributed by atoms with Crippen molar-refractivity contribution < 1.29 is 14.3 Å². The third kappa shape index (κ3) is 1.96. The van der Waals surface area contributed by atoms with Crippen molar-refractivity contribution in [2.75, 3.05) is 14.2 Å². The van der Waals surface area contributed by atoms with Crippen molar-refractivity contribution in [1.29, 1.82) is 0 Å². The maximum Gasteiger partial charge on any atom is 0.356 e. The number of nitrogens with zero attached hydrogens (tertiary/aromatic N) is 1. The Morgan fingerprint density at radius 2 is 2.15 bits per heavy atom. The Kier molecular flexibility index (Phi) is 2.84. The van der Waals surface area contributed by atoms with Crippen LogP contribution in [0, 0.1) is 6.92 Å². The lowest BCUT2D eigenvalue weighted by Gasteiger charge is -2.04. The number of aryl methyl sites for hydroxylation is 1. The number of pyridine rings is 1. The number of ether oxygens (including phenoxy) is 2. The molecule has 0 saturated carbocycles. The molecule has 1 heterocycles. The SMILES string of the molecule is COC(=O)c1ncc(OC)cc1C. The summed E-state index contributed by atoms with van der Waals surface area (Å²) < 4.78 is 9.50. The van der Waals surface area contributed by atoms with Gasteiger partial charge in [-0.3, -0.25) is 0 Å². The number of carbonyl (C=O) groups is 1. The molecule has 0 amide bonds. The fourth-order valence-electron chi connectivity index (χ4n) is 0.971. The van der Waals surface area contributed by atoms with Crippen molar-refractivity contribution in [2.45, 2.75) is 6.92 Å². The molecule has 0 spiro atoms. The first-order chi connectivity index (χ1) is 6.19. The highest BCUT2D eigenvalue weighted by Crippen LogP contribution is 2.14. The van der Waals surface area contributed by atoms with E-state index in [9.17, 15) is 4.79 Å². The second kappa shape index (κ2) is 3.89. The van der Waals surface area contributed by atoms with Gasteiger partial charge in [0.05, 0.1) is 20.4 Å². The van der Waals surface area contributed by atoms with Gasteiger partial charge >= 0.3 is 5.97 Å². The van der Waals surface area contributed by atoms with Crippen LogP contribution in [0.25, 0.3) is 0 Å². The van der Waals surface area contributed by atoms with Crippen LogP contribution in [0.4, 0.5) is 0 Å². The van der Waals surface area contributed by atoms with Crippen molar-refractivity contribution in [3.63, 3.8) is 0 Å². The molecule has 0 bridgehead atoms. The summed E-state index contributed by atoms with van der Waals surface area (Å²) in [5.74, 6) is 0.199. The van der Waals surface area contributed by atoms with E-state index in [1.807, 2.05) is 0 Å². The summed E-state index contributed by atoms with van der Waals surface area (Å²) >= 11 is 0. The standard InChI is InChI=1S/C9H11NO3/c1-6-4-7(12-2)5-10-8(6)9(11)13-3/h4-5H,1-3H3. The van der Waals surface area contributed by atoms with Crippen molar-refractivity contribution in [3.8, 4) is 5.75 Å². The predicted octanol–water partition coefficient (Wildman–Crippen LogP) is 1.19. The molecule has 0 atom stereocenters. The van der Waals surface area contributed by atoms with Gasteiger partial charge in [-0.15, -0.1) is 0 Å². The minimum Gasteiger partial charge on any atom is -0.495 e. The molecule has 4 nitrogen and oxygen atoms in total. The third-order valence-corrected chi connectivity index (χ3v) is 1.67. The second-order valence-electron chi connectivity index (χ2n) is 2.53. The lowest BCUT2D eigenvalue weighted by atomic mass is 10.2. The molecular formula is C9H11NO3. The molecule has 70 valence electrons. The van der Waals surface area contributed by atoms with Crippen molar-refractivity contribution in [2.24, 2.45) is 0 Å². The van der Waals surface area contributed by atoms with Gasteiger partial charge < -0.3 is 9.47 Å². The van der Waals surface area contributed by atoms with E-state index in [1.165, 1.54) is 13.3 Å². The van der Waals surface area contributed by atoms with Crippen molar-refractivity contribution >= 4 is 5.97 Å². The van der Waals surface area contributed by atoms with Crippen LogP contribution in [-0.2, 0) is 4.74 Å². The van der Waals surface area contributed by atoms with Crippen LogP contribution in [0.1, 0.15) is 16.1 Å². The molecule has 0 aliphatic rings. The first-order valence-corrected chi connectivity index (χ1v) is 3.78. The summed E-state index contributed by atoms with van der Waals surface area (Å²) in [4.78, 5) is 15.0. The van der Waals surface area contributed by atoms with Crippen molar-refractivity contribution in [3.05, 3.63) is 23.5 Å². The minimum atomic E-state index is -0.430. The van der Waals surface area contributed by atoms with Crippen molar-refractivity contribution in [1.82, 2.24) is 4.98 Å². The monoisotopic (exact) mass is 181 g/mol. The summed E-state index contributed by atoms with van der Waals surface area (Å²) in [6.45, 7) is 1.78. The fraction of sp³-hybridized carbons (Fsp3) is 0.333. The predicted molar refractivity (Wildman–Crippen MR) is 46.9 cm³/mol. The van der Waals surface area contributed by atoms with Gasteiger partial charge in [0.15, 0.2) is 5.69 Å². The average molecular weight is 181 g/mol. The molecule has 0 fully saturated rings. The number of hydrogen-bond acceptors (Lipinski definition) is 4. The Hall–Kier alpha value is -1.58. The van der Waals surface area contributed by atoms with Crippen LogP contribution in [-0.4, -0.2) is 25.2 Å². The molecular weight excluding hydrogens is 170 g/mol. The van der Waals surface area contributed by atoms with Gasteiger partial charge in [0.2, 0.25) is 0 Å². The van der Waals surface area contributed by atoms with Gasteiger partial charge in [0.1, 0.15) is 5.75 Å². The molecule has 1 aromatic heterocycles. The Morgan fingerprint density at radius 3 is 2.62 bits per heavy atom. The molecule has 0 aliphatic carbocycles. The van der Waals surface area contributed by atoms with Gasteiger partial charge in [-0.2, -0.15) is 0 Å². The maximum absolute atomic E-state index is 11.1. The molecule has 1 aromatic rings. The lowest BCUT2D eigenvalue weighted by molar-refractivity contribution is 0.0593. The summed E-state index contributed by atoms with van der Waals surface area (Å²) in [5, 5.41) is 0. The van der Waals surface area contributed by atoms with E-state index in [4.69, 9.17) is 4.74 Å². The number of esters is 1. The summed E-state index contributed by atoms with van der Waals surface area (Å²) in [6.07, 6.45) is 1.49. The van der Waals surface area contributed by atoms with E-state index in [2.05, 4.69) is 9.72 Å². The largest absolute Gasteiger partial charge is 0.495 e. The van der Waals surface area contributed by atoms with Crippen LogP contribution in [0.15, 0.2) is 12.3 Å². The Bertz CT molecular complexity index is 323. The maximum atomic E-state index is 11.1. The van der Waals surface area contributed by atoms with E-state index in [-0.39, 0.29) is 0 Å². The van der Waals surface area contributed by atoms with E-state index < -0.39 is 5.97 Å². The molecule has 0 radical (unpaired) electrons. The highest BCUT2D eigenvalue weighted by molar-refractivity contribution is 5.88. The highest BCUT2D eigenvalue weighted by Gasteiger charge is 2.10. The van der Waals surface area contributed by atoms with E-state index in [0.29, 0.717) is 11.4 Å². The zero-order valence-electron chi connectivity index (χ0n) is 7.83. The normalized spacial score (nSPS) is 9.46.